The van der Waals surface area contributed by atoms with Crippen LogP contribution < -0.4 is 0 Å². The third-order valence-corrected chi connectivity index (χ3v) is 4.38. The van der Waals surface area contributed by atoms with Crippen LogP contribution in [0.5, 0.6) is 0 Å². The van der Waals surface area contributed by atoms with Gasteiger partial charge in [0.2, 0.25) is 0 Å². The number of Topliss-reactive ketones (excluding diaryl/α,β-unsaturated/α-hetero) is 1. The SMILES string of the molecule is O=C1CCCc2c1ccn2CC1CCCCC1. The van der Waals surface area contributed by atoms with Crippen molar-refractivity contribution in [2.45, 2.75) is 57.9 Å². The molecule has 0 bridgehead atoms. The second-order valence-electron chi connectivity index (χ2n) is 5.61. The Kier molecular flexibility index (Phi) is 3.04. The van der Waals surface area contributed by atoms with Crippen LogP contribution in [0.2, 0.25) is 0 Å². The van der Waals surface area contributed by atoms with Gasteiger partial charge in [0.15, 0.2) is 5.78 Å². The highest BCUT2D eigenvalue weighted by Gasteiger charge is 2.22. The van der Waals surface area contributed by atoms with Crippen LogP contribution in [0, 0.1) is 5.92 Å². The lowest BCUT2D eigenvalue weighted by atomic mass is 9.89. The molecule has 0 spiro atoms. The Hall–Kier alpha value is -1.05. The van der Waals surface area contributed by atoms with E-state index in [-0.39, 0.29) is 0 Å². The molecule has 1 aromatic heterocycles. The van der Waals surface area contributed by atoms with Gasteiger partial charge in [0.1, 0.15) is 0 Å². The molecule has 1 saturated carbocycles. The first-order valence-corrected chi connectivity index (χ1v) is 7.06. The van der Waals surface area contributed by atoms with Gasteiger partial charge in [0, 0.05) is 30.4 Å². The molecule has 3 rings (SSSR count). The summed E-state index contributed by atoms with van der Waals surface area (Å²) in [6, 6.07) is 2.04. The van der Waals surface area contributed by atoms with E-state index in [1.807, 2.05) is 6.07 Å². The van der Waals surface area contributed by atoms with Gasteiger partial charge in [-0.3, -0.25) is 4.79 Å². The second-order valence-corrected chi connectivity index (χ2v) is 5.61. The molecule has 2 aliphatic rings. The summed E-state index contributed by atoms with van der Waals surface area (Å²) in [5.74, 6) is 1.20. The summed E-state index contributed by atoms with van der Waals surface area (Å²) in [7, 11) is 0. The standard InChI is InChI=1S/C15H21NO/c17-15-8-4-7-14-13(15)9-10-16(14)11-12-5-2-1-3-6-12/h9-10,12H,1-8,11H2. The topological polar surface area (TPSA) is 22.0 Å². The molecule has 0 aromatic carbocycles. The maximum absolute atomic E-state index is 11.8. The Morgan fingerprint density at radius 1 is 1.12 bits per heavy atom. The summed E-state index contributed by atoms with van der Waals surface area (Å²) in [6.07, 6.45) is 12.0. The summed E-state index contributed by atoms with van der Waals surface area (Å²) in [5.41, 5.74) is 2.32. The predicted octanol–water partition coefficient (Wildman–Crippen LogP) is 3.59. The average Bonchev–Trinajstić information content (AvgIpc) is 2.76. The van der Waals surface area contributed by atoms with E-state index < -0.39 is 0 Å². The van der Waals surface area contributed by atoms with Crippen molar-refractivity contribution >= 4 is 5.78 Å². The van der Waals surface area contributed by atoms with Crippen molar-refractivity contribution in [3.05, 3.63) is 23.5 Å². The molecule has 0 aliphatic heterocycles. The van der Waals surface area contributed by atoms with Gasteiger partial charge in [0.25, 0.3) is 0 Å². The molecule has 0 saturated heterocycles. The van der Waals surface area contributed by atoms with Gasteiger partial charge < -0.3 is 4.57 Å². The molecular weight excluding hydrogens is 210 g/mol. The molecule has 2 heteroatoms. The van der Waals surface area contributed by atoms with Crippen molar-refractivity contribution in [2.75, 3.05) is 0 Å². The van der Waals surface area contributed by atoms with E-state index in [1.54, 1.807) is 0 Å². The number of aromatic nitrogens is 1. The fourth-order valence-electron chi connectivity index (χ4n) is 3.41. The minimum atomic E-state index is 0.355. The van der Waals surface area contributed by atoms with Crippen molar-refractivity contribution < 1.29 is 4.79 Å². The summed E-state index contributed by atoms with van der Waals surface area (Å²) >= 11 is 0. The highest BCUT2D eigenvalue weighted by atomic mass is 16.1. The molecule has 92 valence electrons. The van der Waals surface area contributed by atoms with E-state index in [0.29, 0.717) is 5.78 Å². The van der Waals surface area contributed by atoms with Crippen LogP contribution in [0.15, 0.2) is 12.3 Å². The lowest BCUT2D eigenvalue weighted by molar-refractivity contribution is 0.0971. The monoisotopic (exact) mass is 231 g/mol. The fraction of sp³-hybridized carbons (Fsp3) is 0.667. The van der Waals surface area contributed by atoms with Crippen LogP contribution in [-0.4, -0.2) is 10.4 Å². The van der Waals surface area contributed by atoms with Gasteiger partial charge in [-0.05, 0) is 37.7 Å². The Morgan fingerprint density at radius 2 is 1.94 bits per heavy atom. The number of hydrogen-bond donors (Lipinski definition) is 0. The summed E-state index contributed by atoms with van der Waals surface area (Å²) in [4.78, 5) is 11.8. The molecule has 17 heavy (non-hydrogen) atoms. The quantitative estimate of drug-likeness (QED) is 0.762. The highest BCUT2D eigenvalue weighted by Crippen LogP contribution is 2.28. The van der Waals surface area contributed by atoms with Crippen molar-refractivity contribution in [1.82, 2.24) is 4.57 Å². The maximum atomic E-state index is 11.8. The smallest absolute Gasteiger partial charge is 0.164 e. The van der Waals surface area contributed by atoms with Gasteiger partial charge in [-0.15, -0.1) is 0 Å². The van der Waals surface area contributed by atoms with Crippen molar-refractivity contribution in [3.8, 4) is 0 Å². The van der Waals surface area contributed by atoms with Crippen LogP contribution in [0.1, 0.15) is 61.0 Å². The Bertz CT molecular complexity index is 413. The average molecular weight is 231 g/mol. The summed E-state index contributed by atoms with van der Waals surface area (Å²) in [5, 5.41) is 0. The van der Waals surface area contributed by atoms with Crippen LogP contribution in [-0.2, 0) is 13.0 Å². The molecule has 1 heterocycles. The first-order chi connectivity index (χ1) is 8.34. The molecule has 0 amide bonds. The summed E-state index contributed by atoms with van der Waals surface area (Å²) < 4.78 is 2.36. The van der Waals surface area contributed by atoms with Crippen LogP contribution in [0.3, 0.4) is 0 Å². The molecule has 0 N–H and O–H groups in total. The van der Waals surface area contributed by atoms with Gasteiger partial charge >= 0.3 is 0 Å². The van der Waals surface area contributed by atoms with Crippen molar-refractivity contribution in [2.24, 2.45) is 5.92 Å². The molecule has 2 aliphatic carbocycles. The van der Waals surface area contributed by atoms with E-state index in [2.05, 4.69) is 10.8 Å². The number of rotatable bonds is 2. The second kappa shape index (κ2) is 4.67. The largest absolute Gasteiger partial charge is 0.350 e. The maximum Gasteiger partial charge on any atom is 0.164 e. The lowest BCUT2D eigenvalue weighted by Crippen LogP contribution is -2.18. The van der Waals surface area contributed by atoms with Gasteiger partial charge in [-0.25, -0.2) is 0 Å². The van der Waals surface area contributed by atoms with Crippen LogP contribution >= 0.6 is 0 Å². The minimum Gasteiger partial charge on any atom is -0.350 e. The predicted molar refractivity (Wildman–Crippen MR) is 68.3 cm³/mol. The highest BCUT2D eigenvalue weighted by molar-refractivity contribution is 5.98. The number of nitrogens with zero attached hydrogens (tertiary/aromatic N) is 1. The third kappa shape index (κ3) is 2.18. The van der Waals surface area contributed by atoms with Crippen molar-refractivity contribution in [3.63, 3.8) is 0 Å². The third-order valence-electron chi connectivity index (χ3n) is 4.38. The zero-order valence-corrected chi connectivity index (χ0v) is 10.5. The Balaban J connectivity index is 1.77. The molecule has 1 aromatic rings. The van der Waals surface area contributed by atoms with Gasteiger partial charge in [-0.2, -0.15) is 0 Å². The zero-order chi connectivity index (χ0) is 11.7. The molecule has 0 radical (unpaired) electrons. The molecule has 0 atom stereocenters. The first-order valence-electron chi connectivity index (χ1n) is 7.06. The number of fused-ring (bicyclic) bond motifs is 1. The molecule has 0 unspecified atom stereocenters. The van der Waals surface area contributed by atoms with E-state index >= 15 is 0 Å². The fourth-order valence-corrected chi connectivity index (χ4v) is 3.41. The zero-order valence-electron chi connectivity index (χ0n) is 10.5. The van der Waals surface area contributed by atoms with Crippen molar-refractivity contribution in [1.29, 1.82) is 0 Å². The van der Waals surface area contributed by atoms with E-state index in [9.17, 15) is 4.79 Å². The molecular formula is C15H21NO. The number of ketones is 1. The van der Waals surface area contributed by atoms with Crippen LogP contribution in [0.4, 0.5) is 0 Å². The van der Waals surface area contributed by atoms with Gasteiger partial charge in [0.05, 0.1) is 0 Å². The number of carbonyl (C=O) groups excluding carboxylic acids is 1. The number of hydrogen-bond acceptors (Lipinski definition) is 1. The normalized spacial score (nSPS) is 21.5. The van der Waals surface area contributed by atoms with E-state index in [0.717, 1.165) is 37.3 Å². The number of carbonyl (C=O) groups is 1. The molecule has 1 fully saturated rings. The van der Waals surface area contributed by atoms with E-state index in [1.165, 1.54) is 37.8 Å². The van der Waals surface area contributed by atoms with E-state index in [4.69, 9.17) is 0 Å². The lowest BCUT2D eigenvalue weighted by Gasteiger charge is -2.24. The first kappa shape index (κ1) is 11.1. The summed E-state index contributed by atoms with van der Waals surface area (Å²) in [6.45, 7) is 1.14. The van der Waals surface area contributed by atoms with Gasteiger partial charge in [-0.1, -0.05) is 19.3 Å². The van der Waals surface area contributed by atoms with Crippen LogP contribution in [0.25, 0.3) is 0 Å². The Morgan fingerprint density at radius 3 is 2.76 bits per heavy atom. The minimum absolute atomic E-state index is 0.355. The Labute approximate surface area is 103 Å². The molecule has 2 nitrogen and oxygen atoms in total.